The number of pyridine rings is 1. The first-order valence-corrected chi connectivity index (χ1v) is 14.0. The minimum absolute atomic E-state index is 0.372. The largest absolute Gasteiger partial charge is 0.300 e. The molecule has 0 spiro atoms. The molecule has 2 nitrogen and oxygen atoms in total. The van der Waals surface area contributed by atoms with E-state index in [-0.39, 0.29) is 0 Å². The fourth-order valence-corrected chi connectivity index (χ4v) is 9.53. The van der Waals surface area contributed by atoms with E-state index in [4.69, 9.17) is 0 Å². The van der Waals surface area contributed by atoms with Crippen molar-refractivity contribution >= 4 is 16.3 Å². The Morgan fingerprint density at radius 2 is 1.79 bits per heavy atom. The van der Waals surface area contributed by atoms with Gasteiger partial charge in [0.1, 0.15) is 0 Å². The Morgan fingerprint density at radius 1 is 0.909 bits per heavy atom. The van der Waals surface area contributed by atoms with Crippen LogP contribution in [-0.2, 0) is 0 Å². The lowest BCUT2D eigenvalue weighted by Gasteiger charge is -2.56. The maximum absolute atomic E-state index is 4.38. The molecule has 1 aromatic heterocycles. The molecule has 0 bridgehead atoms. The van der Waals surface area contributed by atoms with Crippen molar-refractivity contribution in [1.29, 1.82) is 0 Å². The molecular weight excluding hydrogens is 400 g/mol. The van der Waals surface area contributed by atoms with E-state index in [1.165, 1.54) is 93.6 Å². The molecule has 7 unspecified atom stereocenters. The van der Waals surface area contributed by atoms with Crippen LogP contribution in [0.5, 0.6) is 0 Å². The molecule has 0 amide bonds. The van der Waals surface area contributed by atoms with E-state index in [9.17, 15) is 0 Å². The van der Waals surface area contributed by atoms with Crippen LogP contribution in [-0.4, -0.2) is 29.0 Å². The Kier molecular flexibility index (Phi) is 4.98. The van der Waals surface area contributed by atoms with Gasteiger partial charge in [-0.05, 0) is 141 Å². The fraction of sp³-hybridized carbons (Fsp3) is 0.645. The Balaban J connectivity index is 1.11. The molecular formula is C31H40N2. The van der Waals surface area contributed by atoms with Gasteiger partial charge in [-0.2, -0.15) is 0 Å². The van der Waals surface area contributed by atoms with Crippen molar-refractivity contribution in [1.82, 2.24) is 9.88 Å². The zero-order valence-corrected chi connectivity index (χ0v) is 20.4. The van der Waals surface area contributed by atoms with Gasteiger partial charge in [-0.15, -0.1) is 0 Å². The van der Waals surface area contributed by atoms with Gasteiger partial charge in [0.25, 0.3) is 0 Å². The van der Waals surface area contributed by atoms with Crippen molar-refractivity contribution in [2.45, 2.75) is 77.2 Å². The molecule has 1 aromatic carbocycles. The summed E-state index contributed by atoms with van der Waals surface area (Å²) in [4.78, 5) is 7.23. The van der Waals surface area contributed by atoms with Crippen LogP contribution in [0.15, 0.2) is 42.7 Å². The smallest absolute Gasteiger partial charge is 0.0346 e. The lowest BCUT2D eigenvalue weighted by Crippen LogP contribution is -2.50. The number of fused-ring (bicyclic) bond motifs is 6. The van der Waals surface area contributed by atoms with Crippen molar-refractivity contribution in [2.75, 3.05) is 13.1 Å². The molecule has 4 fully saturated rings. The first-order valence-electron chi connectivity index (χ1n) is 14.0. The summed E-state index contributed by atoms with van der Waals surface area (Å²) in [6.07, 6.45) is 21.2. The summed E-state index contributed by atoms with van der Waals surface area (Å²) in [5, 5.41) is 2.59. The molecule has 1 saturated heterocycles. The van der Waals surface area contributed by atoms with Crippen molar-refractivity contribution in [3.63, 3.8) is 0 Å². The van der Waals surface area contributed by atoms with Crippen molar-refractivity contribution in [2.24, 2.45) is 35.0 Å². The molecule has 7 rings (SSSR count). The molecule has 33 heavy (non-hydrogen) atoms. The van der Waals surface area contributed by atoms with Crippen molar-refractivity contribution < 1.29 is 0 Å². The Labute approximate surface area is 199 Å². The van der Waals surface area contributed by atoms with E-state index in [1.807, 2.05) is 12.4 Å². The number of benzene rings is 1. The third kappa shape index (κ3) is 3.27. The van der Waals surface area contributed by atoms with Gasteiger partial charge in [0.2, 0.25) is 0 Å². The minimum Gasteiger partial charge on any atom is -0.300 e. The fourth-order valence-electron chi connectivity index (χ4n) is 9.53. The molecule has 1 aliphatic heterocycles. The summed E-state index contributed by atoms with van der Waals surface area (Å²) in [6.45, 7) is 5.39. The molecule has 3 saturated carbocycles. The van der Waals surface area contributed by atoms with Crippen LogP contribution in [0.25, 0.3) is 16.3 Å². The van der Waals surface area contributed by atoms with E-state index in [2.05, 4.69) is 47.1 Å². The Morgan fingerprint density at radius 3 is 2.70 bits per heavy atom. The van der Waals surface area contributed by atoms with Crippen LogP contribution in [0, 0.1) is 35.0 Å². The van der Waals surface area contributed by atoms with Gasteiger partial charge in [0.15, 0.2) is 0 Å². The number of allylic oxidation sites excluding steroid dienone is 2. The highest BCUT2D eigenvalue weighted by molar-refractivity contribution is 5.86. The number of rotatable bonds is 2. The zero-order chi connectivity index (χ0) is 22.0. The van der Waals surface area contributed by atoms with Crippen LogP contribution in [0.4, 0.5) is 0 Å². The van der Waals surface area contributed by atoms with Crippen LogP contribution < -0.4 is 0 Å². The second-order valence-electron chi connectivity index (χ2n) is 12.4. The number of hydrogen-bond acceptors (Lipinski definition) is 2. The molecule has 2 aromatic rings. The molecule has 7 atom stereocenters. The topological polar surface area (TPSA) is 16.1 Å². The van der Waals surface area contributed by atoms with E-state index >= 15 is 0 Å². The zero-order valence-electron chi connectivity index (χ0n) is 20.4. The molecule has 174 valence electrons. The average molecular weight is 441 g/mol. The van der Waals surface area contributed by atoms with Gasteiger partial charge in [0.05, 0.1) is 0 Å². The standard InChI is InChI=1S/C31H40N2/c1-31-14-12-27-26-9-7-25(33-16-2-3-17-33)19-22(26)6-8-28(27)30(31)11-10-29(31)23-5-4-21-13-15-32-20-24(21)18-23/h4-5,10,13,15,18,20,22,25-28,30H,2-3,6-9,11-12,14,16-17,19H2,1H3. The lowest BCUT2D eigenvalue weighted by molar-refractivity contribution is -0.0499. The number of likely N-dealkylation sites (tertiary alicyclic amines) is 1. The van der Waals surface area contributed by atoms with E-state index < -0.39 is 0 Å². The van der Waals surface area contributed by atoms with Gasteiger partial charge in [-0.1, -0.05) is 25.1 Å². The average Bonchev–Trinajstić information content (AvgIpc) is 3.51. The number of nitrogens with zero attached hydrogens (tertiary/aromatic N) is 2. The van der Waals surface area contributed by atoms with Crippen molar-refractivity contribution in [3.8, 4) is 0 Å². The van der Waals surface area contributed by atoms with Gasteiger partial charge in [-0.25, -0.2) is 0 Å². The molecule has 0 radical (unpaired) electrons. The maximum atomic E-state index is 4.38. The first-order chi connectivity index (χ1) is 16.2. The first kappa shape index (κ1) is 20.7. The highest BCUT2D eigenvalue weighted by atomic mass is 15.2. The van der Waals surface area contributed by atoms with E-state index in [0.29, 0.717) is 5.41 Å². The molecule has 5 aliphatic rings. The van der Waals surface area contributed by atoms with Gasteiger partial charge >= 0.3 is 0 Å². The second-order valence-corrected chi connectivity index (χ2v) is 12.4. The van der Waals surface area contributed by atoms with E-state index in [1.54, 1.807) is 5.57 Å². The summed E-state index contributed by atoms with van der Waals surface area (Å²) in [6, 6.07) is 10.1. The van der Waals surface area contributed by atoms with E-state index in [0.717, 1.165) is 35.6 Å². The third-order valence-electron chi connectivity index (χ3n) is 11.1. The van der Waals surface area contributed by atoms with Gasteiger partial charge < -0.3 is 4.90 Å². The third-order valence-corrected chi connectivity index (χ3v) is 11.1. The highest BCUT2D eigenvalue weighted by Crippen LogP contribution is 2.64. The summed E-state index contributed by atoms with van der Waals surface area (Å²) >= 11 is 0. The number of hydrogen-bond donors (Lipinski definition) is 0. The highest BCUT2D eigenvalue weighted by Gasteiger charge is 2.55. The molecule has 2 heterocycles. The van der Waals surface area contributed by atoms with Gasteiger partial charge in [0, 0.05) is 23.8 Å². The molecule has 2 heteroatoms. The Hall–Kier alpha value is -1.67. The second kappa shape index (κ2) is 7.94. The maximum Gasteiger partial charge on any atom is 0.0346 e. The van der Waals surface area contributed by atoms with Crippen LogP contribution >= 0.6 is 0 Å². The minimum atomic E-state index is 0.372. The molecule has 0 N–H and O–H groups in total. The summed E-state index contributed by atoms with van der Waals surface area (Å²) in [5.41, 5.74) is 3.48. The summed E-state index contributed by atoms with van der Waals surface area (Å²) in [5.74, 6) is 4.90. The number of aromatic nitrogens is 1. The predicted octanol–water partition coefficient (Wildman–Crippen LogP) is 7.35. The SMILES string of the molecule is CC12CCC3C4CCC(N5CCCC5)CC4CCC3C1CC=C2c1ccc2ccncc2c1. The van der Waals surface area contributed by atoms with Crippen LogP contribution in [0.3, 0.4) is 0 Å². The van der Waals surface area contributed by atoms with Crippen molar-refractivity contribution in [3.05, 3.63) is 48.3 Å². The molecule has 4 aliphatic carbocycles. The summed E-state index contributed by atoms with van der Waals surface area (Å²) in [7, 11) is 0. The predicted molar refractivity (Wildman–Crippen MR) is 137 cm³/mol. The monoisotopic (exact) mass is 440 g/mol. The summed E-state index contributed by atoms with van der Waals surface area (Å²) < 4.78 is 0. The van der Waals surface area contributed by atoms with Crippen LogP contribution in [0.2, 0.25) is 0 Å². The quantitative estimate of drug-likeness (QED) is 0.485. The van der Waals surface area contributed by atoms with Gasteiger partial charge in [-0.3, -0.25) is 4.98 Å². The lowest BCUT2D eigenvalue weighted by atomic mass is 9.49. The Bertz CT molecular complexity index is 1070. The normalized spacial score (nSPS) is 40.8. The van der Waals surface area contributed by atoms with Crippen LogP contribution in [0.1, 0.15) is 76.7 Å².